The van der Waals surface area contributed by atoms with Crippen LogP contribution in [0.1, 0.15) is 15.9 Å². The molecule has 0 aliphatic carbocycles. The number of pyridine rings is 1. The van der Waals surface area contributed by atoms with E-state index in [9.17, 15) is 4.79 Å². The zero-order chi connectivity index (χ0) is 13.1. The second kappa shape index (κ2) is 5.63. The first-order valence-electron chi connectivity index (χ1n) is 5.26. The van der Waals surface area contributed by atoms with Gasteiger partial charge in [0.25, 0.3) is 5.91 Å². The molecule has 0 saturated carbocycles. The van der Waals surface area contributed by atoms with E-state index in [0.717, 1.165) is 15.7 Å². The maximum Gasteiger partial charge on any atom is 0.258 e. The van der Waals surface area contributed by atoms with Gasteiger partial charge in [0.05, 0.1) is 11.3 Å². The minimum atomic E-state index is -0.195. The number of hydrogen-bond acceptors (Lipinski definition) is 2. The van der Waals surface area contributed by atoms with Crippen molar-refractivity contribution in [2.45, 2.75) is 6.92 Å². The van der Waals surface area contributed by atoms with Crippen LogP contribution in [0.5, 0.6) is 0 Å². The molecule has 0 aliphatic heterocycles. The van der Waals surface area contributed by atoms with Crippen molar-refractivity contribution >= 4 is 43.5 Å². The van der Waals surface area contributed by atoms with E-state index in [-0.39, 0.29) is 5.91 Å². The molecule has 1 heterocycles. The van der Waals surface area contributed by atoms with Crippen LogP contribution in [0.2, 0.25) is 0 Å². The van der Waals surface area contributed by atoms with Gasteiger partial charge in [-0.15, -0.1) is 0 Å². The van der Waals surface area contributed by atoms with Crippen LogP contribution in [0.15, 0.2) is 45.6 Å². The van der Waals surface area contributed by atoms with Crippen LogP contribution in [-0.4, -0.2) is 10.9 Å². The SMILES string of the molecule is Cc1ccc(NC(=O)c2cccnc2Br)c(Br)c1. The number of nitrogens with zero attached hydrogens (tertiary/aromatic N) is 1. The maximum atomic E-state index is 12.1. The first kappa shape index (κ1) is 13.2. The number of benzene rings is 1. The maximum absolute atomic E-state index is 12.1. The van der Waals surface area contributed by atoms with Crippen LogP contribution in [-0.2, 0) is 0 Å². The van der Waals surface area contributed by atoms with E-state index in [1.165, 1.54) is 0 Å². The molecular weight excluding hydrogens is 360 g/mol. The second-order valence-corrected chi connectivity index (χ2v) is 5.38. The van der Waals surface area contributed by atoms with Crippen LogP contribution in [0.3, 0.4) is 0 Å². The number of aromatic nitrogens is 1. The van der Waals surface area contributed by atoms with Gasteiger partial charge in [0.1, 0.15) is 4.60 Å². The second-order valence-electron chi connectivity index (χ2n) is 3.78. The molecule has 0 bridgehead atoms. The number of anilines is 1. The highest BCUT2D eigenvalue weighted by Crippen LogP contribution is 2.24. The summed E-state index contributed by atoms with van der Waals surface area (Å²) in [4.78, 5) is 16.1. The Morgan fingerprint density at radius 1 is 1.28 bits per heavy atom. The number of carbonyl (C=O) groups excluding carboxylic acids is 1. The van der Waals surface area contributed by atoms with Gasteiger partial charge in [-0.2, -0.15) is 0 Å². The number of halogens is 2. The Bertz CT molecular complexity index is 599. The van der Waals surface area contributed by atoms with Gasteiger partial charge in [-0.3, -0.25) is 4.79 Å². The number of aryl methyl sites for hydroxylation is 1. The summed E-state index contributed by atoms with van der Waals surface area (Å²) in [5.41, 5.74) is 2.37. The first-order chi connectivity index (χ1) is 8.58. The number of carbonyl (C=O) groups is 1. The van der Waals surface area contributed by atoms with Crippen molar-refractivity contribution in [2.75, 3.05) is 5.32 Å². The number of amides is 1. The molecule has 1 amide bonds. The fourth-order valence-corrected chi connectivity index (χ4v) is 2.49. The molecule has 3 nitrogen and oxygen atoms in total. The Labute approximate surface area is 122 Å². The molecule has 1 N–H and O–H groups in total. The predicted octanol–water partition coefficient (Wildman–Crippen LogP) is 4.17. The van der Waals surface area contributed by atoms with Gasteiger partial charge in [-0.25, -0.2) is 4.98 Å². The van der Waals surface area contributed by atoms with E-state index in [0.29, 0.717) is 10.2 Å². The van der Waals surface area contributed by atoms with E-state index >= 15 is 0 Å². The van der Waals surface area contributed by atoms with Crippen LogP contribution in [0.4, 0.5) is 5.69 Å². The Hall–Kier alpha value is -1.20. The van der Waals surface area contributed by atoms with Crippen molar-refractivity contribution in [3.05, 3.63) is 56.7 Å². The van der Waals surface area contributed by atoms with Crippen molar-refractivity contribution in [2.24, 2.45) is 0 Å². The molecule has 1 aromatic carbocycles. The molecule has 0 radical (unpaired) electrons. The van der Waals surface area contributed by atoms with Crippen LogP contribution in [0, 0.1) is 6.92 Å². The molecule has 0 aliphatic rings. The molecule has 1 aromatic heterocycles. The topological polar surface area (TPSA) is 42.0 Å². The van der Waals surface area contributed by atoms with Gasteiger partial charge in [0.15, 0.2) is 0 Å². The average Bonchev–Trinajstić information content (AvgIpc) is 2.33. The van der Waals surface area contributed by atoms with E-state index in [1.54, 1.807) is 18.3 Å². The third-order valence-corrected chi connectivity index (χ3v) is 3.66. The summed E-state index contributed by atoms with van der Waals surface area (Å²) in [6.07, 6.45) is 1.63. The smallest absolute Gasteiger partial charge is 0.258 e. The van der Waals surface area contributed by atoms with Gasteiger partial charge < -0.3 is 5.32 Å². The van der Waals surface area contributed by atoms with Crippen molar-refractivity contribution < 1.29 is 4.79 Å². The molecule has 18 heavy (non-hydrogen) atoms. The lowest BCUT2D eigenvalue weighted by Crippen LogP contribution is -2.13. The molecule has 92 valence electrons. The van der Waals surface area contributed by atoms with Crippen molar-refractivity contribution in [1.82, 2.24) is 4.98 Å². The molecule has 5 heteroatoms. The Morgan fingerprint density at radius 2 is 2.06 bits per heavy atom. The lowest BCUT2D eigenvalue weighted by Gasteiger charge is -2.08. The van der Waals surface area contributed by atoms with Crippen molar-refractivity contribution in [1.29, 1.82) is 0 Å². The van der Waals surface area contributed by atoms with Crippen LogP contribution in [0.25, 0.3) is 0 Å². The Balaban J connectivity index is 2.24. The zero-order valence-corrected chi connectivity index (χ0v) is 12.7. The van der Waals surface area contributed by atoms with Gasteiger partial charge in [-0.05, 0) is 68.6 Å². The third-order valence-electron chi connectivity index (χ3n) is 2.38. The standard InChI is InChI=1S/C13H10Br2N2O/c1-8-4-5-11(10(14)7-8)17-13(18)9-3-2-6-16-12(9)15/h2-7H,1H3,(H,17,18). The summed E-state index contributed by atoms with van der Waals surface area (Å²) < 4.78 is 1.39. The highest BCUT2D eigenvalue weighted by atomic mass is 79.9. The lowest BCUT2D eigenvalue weighted by molar-refractivity contribution is 0.102. The monoisotopic (exact) mass is 368 g/mol. The summed E-state index contributed by atoms with van der Waals surface area (Å²) in [6.45, 7) is 1.99. The largest absolute Gasteiger partial charge is 0.321 e. The molecule has 0 atom stereocenters. The number of rotatable bonds is 2. The van der Waals surface area contributed by atoms with E-state index in [2.05, 4.69) is 42.2 Å². The molecule has 0 fully saturated rings. The zero-order valence-electron chi connectivity index (χ0n) is 9.58. The van der Waals surface area contributed by atoms with Gasteiger partial charge in [0, 0.05) is 10.7 Å². The molecule has 2 rings (SSSR count). The molecule has 2 aromatic rings. The molecule has 0 unspecified atom stereocenters. The van der Waals surface area contributed by atoms with E-state index in [1.807, 2.05) is 25.1 Å². The van der Waals surface area contributed by atoms with Crippen molar-refractivity contribution in [3.8, 4) is 0 Å². The minimum Gasteiger partial charge on any atom is -0.321 e. The fraction of sp³-hybridized carbons (Fsp3) is 0.0769. The van der Waals surface area contributed by atoms with Gasteiger partial charge in [-0.1, -0.05) is 6.07 Å². The summed E-state index contributed by atoms with van der Waals surface area (Å²) in [5, 5.41) is 2.84. The van der Waals surface area contributed by atoms with Crippen LogP contribution < -0.4 is 5.32 Å². The van der Waals surface area contributed by atoms with Crippen molar-refractivity contribution in [3.63, 3.8) is 0 Å². The van der Waals surface area contributed by atoms with E-state index < -0.39 is 0 Å². The fourth-order valence-electron chi connectivity index (χ4n) is 1.47. The molecule has 0 spiro atoms. The van der Waals surface area contributed by atoms with E-state index in [4.69, 9.17) is 0 Å². The molecular formula is C13H10Br2N2O. The summed E-state index contributed by atoms with van der Waals surface area (Å²) in [6, 6.07) is 9.20. The summed E-state index contributed by atoms with van der Waals surface area (Å²) in [7, 11) is 0. The first-order valence-corrected chi connectivity index (χ1v) is 6.84. The predicted molar refractivity (Wildman–Crippen MR) is 78.8 cm³/mol. The number of nitrogens with one attached hydrogen (secondary N) is 1. The minimum absolute atomic E-state index is 0.195. The third kappa shape index (κ3) is 2.97. The highest BCUT2D eigenvalue weighted by Gasteiger charge is 2.11. The molecule has 0 saturated heterocycles. The Morgan fingerprint density at radius 3 is 2.72 bits per heavy atom. The van der Waals surface area contributed by atoms with Gasteiger partial charge >= 0.3 is 0 Å². The van der Waals surface area contributed by atoms with Gasteiger partial charge in [0.2, 0.25) is 0 Å². The summed E-state index contributed by atoms with van der Waals surface area (Å²) >= 11 is 6.68. The quantitative estimate of drug-likeness (QED) is 0.807. The van der Waals surface area contributed by atoms with Crippen LogP contribution >= 0.6 is 31.9 Å². The Kier molecular flexibility index (Phi) is 4.14. The lowest BCUT2D eigenvalue weighted by atomic mass is 10.2. The average molecular weight is 370 g/mol. The normalized spacial score (nSPS) is 10.2. The number of hydrogen-bond donors (Lipinski definition) is 1. The summed E-state index contributed by atoms with van der Waals surface area (Å²) in [5.74, 6) is -0.195. The highest BCUT2D eigenvalue weighted by molar-refractivity contribution is 9.10.